The average molecular weight is 585 g/mol. The van der Waals surface area contributed by atoms with E-state index in [9.17, 15) is 35.7 Å². The van der Waals surface area contributed by atoms with E-state index in [1.165, 1.54) is 0 Å². The maximum absolute atomic E-state index is 11.7. The third-order valence-corrected chi connectivity index (χ3v) is 13.0. The van der Waals surface area contributed by atoms with E-state index < -0.39 is 53.9 Å². The molecular weight excluding hydrogens is 528 g/mol. The quantitative estimate of drug-likeness (QED) is 0.237. The van der Waals surface area contributed by atoms with Gasteiger partial charge in [-0.15, -0.1) is 0 Å². The second kappa shape index (κ2) is 11.5. The molecule has 9 nitrogen and oxygen atoms in total. The van der Waals surface area contributed by atoms with Gasteiger partial charge in [0.1, 0.15) is 18.3 Å². The molecular formula is C32H56O9. The minimum Gasteiger partial charge on any atom is -0.393 e. The fraction of sp³-hybridized carbons (Fsp3) is 1.00. The zero-order chi connectivity index (χ0) is 30.1. The molecule has 0 aromatic rings. The van der Waals surface area contributed by atoms with Crippen LogP contribution in [0.1, 0.15) is 92.4 Å². The molecule has 16 atom stereocenters. The van der Waals surface area contributed by atoms with Crippen LogP contribution >= 0.6 is 0 Å². The van der Waals surface area contributed by atoms with Crippen LogP contribution < -0.4 is 0 Å². The summed E-state index contributed by atoms with van der Waals surface area (Å²) in [5.41, 5.74) is -1.83. The van der Waals surface area contributed by atoms with Crippen LogP contribution in [0.5, 0.6) is 0 Å². The zero-order valence-electron chi connectivity index (χ0n) is 25.6. The summed E-state index contributed by atoms with van der Waals surface area (Å²) in [5.74, 6) is 1.19. The molecule has 1 saturated heterocycles. The van der Waals surface area contributed by atoms with Crippen molar-refractivity contribution in [2.45, 2.75) is 147 Å². The molecule has 0 bridgehead atoms. The van der Waals surface area contributed by atoms with Gasteiger partial charge in [0.05, 0.1) is 36.6 Å². The Balaban J connectivity index is 1.27. The van der Waals surface area contributed by atoms with Crippen LogP contribution in [0.2, 0.25) is 0 Å². The Morgan fingerprint density at radius 1 is 0.878 bits per heavy atom. The van der Waals surface area contributed by atoms with Crippen molar-refractivity contribution in [1.82, 2.24) is 0 Å². The van der Waals surface area contributed by atoms with E-state index in [1.807, 2.05) is 0 Å². The SMILES string of the molecule is CC(C)[C@H](CC[C@@H](C)[C@H]1C[C@H](O)C2C3C[C@@H](O)[C@@]4(O)C[C@@H](O)CC[C@]4(C)C3CC[C@@]21C)O[C@@H]1OC[C@@H](O)[C@H](O)[C@H]1O. The first kappa shape index (κ1) is 32.0. The standard InChI is InChI=1S/C32H56O9/c1-16(2)24(41-29-28(38)27(37)23(35)15-40-29)7-6-17(3)21-13-22(34)26-19-12-25(36)32(39)14-18(33)8-11-31(32,5)20(19)9-10-30(21,26)4/h16-29,33-39H,6-15H2,1-5H3/t17-,18+,19?,20?,21-,22+,23-,24+,25-,26?,27+,28-,29+,30-,31-,32+/m1/s1. The van der Waals surface area contributed by atoms with Crippen LogP contribution in [0.4, 0.5) is 0 Å². The Morgan fingerprint density at radius 2 is 1.59 bits per heavy atom. The average Bonchev–Trinajstić information content (AvgIpc) is 3.18. The lowest BCUT2D eigenvalue weighted by Crippen LogP contribution is -2.69. The summed E-state index contributed by atoms with van der Waals surface area (Å²) in [6.45, 7) is 10.8. The number of rotatable bonds is 7. The molecule has 0 radical (unpaired) electrons. The highest BCUT2D eigenvalue weighted by atomic mass is 16.7. The first-order chi connectivity index (χ1) is 19.1. The molecule has 5 aliphatic rings. The second-order valence-corrected chi connectivity index (χ2v) is 15.5. The Labute approximate surface area is 245 Å². The van der Waals surface area contributed by atoms with Gasteiger partial charge in [0.25, 0.3) is 0 Å². The third kappa shape index (κ3) is 5.23. The summed E-state index contributed by atoms with van der Waals surface area (Å²) in [7, 11) is 0. The van der Waals surface area contributed by atoms with Gasteiger partial charge in [-0.05, 0) is 92.3 Å². The molecule has 3 unspecified atom stereocenters. The predicted octanol–water partition coefficient (Wildman–Crippen LogP) is 1.96. The number of hydrogen-bond donors (Lipinski definition) is 7. The molecule has 0 amide bonds. The van der Waals surface area contributed by atoms with Crippen LogP contribution in [0.25, 0.3) is 0 Å². The van der Waals surface area contributed by atoms with Crippen molar-refractivity contribution >= 4 is 0 Å². The van der Waals surface area contributed by atoms with E-state index in [2.05, 4.69) is 34.6 Å². The largest absolute Gasteiger partial charge is 0.393 e. The fourth-order valence-corrected chi connectivity index (χ4v) is 10.5. The van der Waals surface area contributed by atoms with Gasteiger partial charge in [-0.1, -0.05) is 34.6 Å². The zero-order valence-corrected chi connectivity index (χ0v) is 25.6. The Kier molecular flexibility index (Phi) is 9.01. The van der Waals surface area contributed by atoms with Crippen LogP contribution in [0.15, 0.2) is 0 Å². The van der Waals surface area contributed by atoms with Crippen molar-refractivity contribution < 1.29 is 45.2 Å². The van der Waals surface area contributed by atoms with Gasteiger partial charge < -0.3 is 45.2 Å². The molecule has 0 spiro atoms. The van der Waals surface area contributed by atoms with E-state index in [0.717, 1.165) is 32.1 Å². The number of ether oxygens (including phenoxy) is 2. The van der Waals surface area contributed by atoms with Crippen molar-refractivity contribution in [2.24, 2.45) is 46.3 Å². The van der Waals surface area contributed by atoms with Gasteiger partial charge in [0, 0.05) is 11.8 Å². The van der Waals surface area contributed by atoms with Crippen LogP contribution in [0, 0.1) is 46.3 Å². The maximum Gasteiger partial charge on any atom is 0.186 e. The fourth-order valence-electron chi connectivity index (χ4n) is 10.5. The van der Waals surface area contributed by atoms with Gasteiger partial charge >= 0.3 is 0 Å². The van der Waals surface area contributed by atoms with Crippen molar-refractivity contribution in [3.8, 4) is 0 Å². The molecule has 0 aromatic heterocycles. The maximum atomic E-state index is 11.7. The smallest absolute Gasteiger partial charge is 0.186 e. The van der Waals surface area contributed by atoms with Gasteiger partial charge in [0.2, 0.25) is 0 Å². The minimum atomic E-state index is -1.31. The molecule has 7 N–H and O–H groups in total. The lowest BCUT2D eigenvalue weighted by molar-refractivity contribution is -0.287. The van der Waals surface area contributed by atoms with E-state index in [1.54, 1.807) is 0 Å². The Bertz CT molecular complexity index is 918. The van der Waals surface area contributed by atoms with E-state index in [4.69, 9.17) is 9.47 Å². The topological polar surface area (TPSA) is 160 Å². The molecule has 1 aliphatic heterocycles. The molecule has 9 heteroatoms. The number of fused-ring (bicyclic) bond motifs is 5. The predicted molar refractivity (Wildman–Crippen MR) is 151 cm³/mol. The van der Waals surface area contributed by atoms with Crippen LogP contribution in [0.3, 0.4) is 0 Å². The summed E-state index contributed by atoms with van der Waals surface area (Å²) in [6, 6.07) is 0. The normalized spacial score (nSPS) is 53.3. The number of hydrogen-bond acceptors (Lipinski definition) is 9. The van der Waals surface area contributed by atoms with Crippen molar-refractivity contribution in [1.29, 1.82) is 0 Å². The molecule has 5 fully saturated rings. The summed E-state index contributed by atoms with van der Waals surface area (Å²) in [5, 5.41) is 75.2. The lowest BCUT2D eigenvalue weighted by Gasteiger charge is -2.65. The lowest BCUT2D eigenvalue weighted by atomic mass is 9.42. The highest BCUT2D eigenvalue weighted by Crippen LogP contribution is 2.69. The highest BCUT2D eigenvalue weighted by molar-refractivity contribution is 5.18. The summed E-state index contributed by atoms with van der Waals surface area (Å²) >= 11 is 0. The van der Waals surface area contributed by atoms with E-state index in [0.29, 0.717) is 31.1 Å². The summed E-state index contributed by atoms with van der Waals surface area (Å²) in [6.07, 6.45) is -0.575. The van der Waals surface area contributed by atoms with Crippen LogP contribution in [-0.4, -0.2) is 97.0 Å². The monoisotopic (exact) mass is 584 g/mol. The Hall–Kier alpha value is -0.360. The second-order valence-electron chi connectivity index (χ2n) is 15.5. The van der Waals surface area contributed by atoms with E-state index >= 15 is 0 Å². The van der Waals surface area contributed by atoms with Crippen LogP contribution in [-0.2, 0) is 9.47 Å². The number of aliphatic hydroxyl groups excluding tert-OH is 6. The molecule has 238 valence electrons. The summed E-state index contributed by atoms with van der Waals surface area (Å²) in [4.78, 5) is 0. The van der Waals surface area contributed by atoms with Crippen molar-refractivity contribution in [3.63, 3.8) is 0 Å². The van der Waals surface area contributed by atoms with Gasteiger partial charge in [0.15, 0.2) is 6.29 Å². The van der Waals surface area contributed by atoms with Gasteiger partial charge in [-0.3, -0.25) is 0 Å². The molecule has 41 heavy (non-hydrogen) atoms. The van der Waals surface area contributed by atoms with E-state index in [-0.39, 0.29) is 48.2 Å². The first-order valence-electron chi connectivity index (χ1n) is 16.2. The minimum absolute atomic E-state index is 0.0624. The highest BCUT2D eigenvalue weighted by Gasteiger charge is 2.68. The summed E-state index contributed by atoms with van der Waals surface area (Å²) < 4.78 is 11.7. The van der Waals surface area contributed by atoms with Gasteiger partial charge in [-0.2, -0.15) is 0 Å². The molecule has 4 aliphatic carbocycles. The third-order valence-electron chi connectivity index (χ3n) is 13.0. The van der Waals surface area contributed by atoms with Gasteiger partial charge in [-0.25, -0.2) is 0 Å². The molecule has 1 heterocycles. The van der Waals surface area contributed by atoms with Crippen molar-refractivity contribution in [2.75, 3.05) is 6.61 Å². The Morgan fingerprint density at radius 3 is 2.27 bits per heavy atom. The molecule has 0 aromatic carbocycles. The number of aliphatic hydroxyl groups is 7. The molecule has 4 saturated carbocycles. The molecule has 5 rings (SSSR count). The first-order valence-corrected chi connectivity index (χ1v) is 16.2. The van der Waals surface area contributed by atoms with Crippen molar-refractivity contribution in [3.05, 3.63) is 0 Å².